The monoisotopic (exact) mass is 350 g/mol. The van der Waals surface area contributed by atoms with E-state index in [1.807, 2.05) is 42.5 Å². The van der Waals surface area contributed by atoms with Gasteiger partial charge in [-0.3, -0.25) is 0 Å². The van der Waals surface area contributed by atoms with Gasteiger partial charge in [0.15, 0.2) is 0 Å². The van der Waals surface area contributed by atoms with Crippen molar-refractivity contribution in [3.63, 3.8) is 0 Å². The predicted molar refractivity (Wildman–Crippen MR) is 99.1 cm³/mol. The molecule has 0 aliphatic rings. The number of rotatable bonds is 5. The van der Waals surface area contributed by atoms with Gasteiger partial charge in [-0.05, 0) is 60.2 Å². The second-order valence-corrected chi connectivity index (χ2v) is 5.63. The van der Waals surface area contributed by atoms with Crippen molar-refractivity contribution in [2.24, 2.45) is 0 Å². The van der Waals surface area contributed by atoms with Crippen molar-refractivity contribution in [3.05, 3.63) is 95.5 Å². The number of halogens is 1. The molecule has 0 saturated carbocycles. The summed E-state index contributed by atoms with van der Waals surface area (Å²) in [6, 6.07) is 23.5. The molecule has 0 aliphatic heterocycles. The lowest BCUT2D eigenvalue weighted by Gasteiger charge is -2.06. The van der Waals surface area contributed by atoms with E-state index < -0.39 is 5.97 Å². The SMILES string of the molecule is O=C(/C=C/c1ccc(Cl)cc1)Oc1ccc(Oc2ccccc2)cc1. The first-order chi connectivity index (χ1) is 12.2. The van der Waals surface area contributed by atoms with Gasteiger partial charge in [-0.1, -0.05) is 41.9 Å². The average molecular weight is 351 g/mol. The zero-order chi connectivity index (χ0) is 17.5. The predicted octanol–water partition coefficient (Wildman–Crippen LogP) is 5.75. The normalized spacial score (nSPS) is 10.6. The maximum Gasteiger partial charge on any atom is 0.336 e. The molecule has 0 bridgehead atoms. The zero-order valence-corrected chi connectivity index (χ0v) is 14.0. The van der Waals surface area contributed by atoms with Gasteiger partial charge in [0, 0.05) is 11.1 Å². The summed E-state index contributed by atoms with van der Waals surface area (Å²) < 4.78 is 10.9. The molecule has 0 radical (unpaired) electrons. The van der Waals surface area contributed by atoms with Crippen LogP contribution in [-0.2, 0) is 4.79 Å². The van der Waals surface area contributed by atoms with Crippen LogP contribution in [0.3, 0.4) is 0 Å². The van der Waals surface area contributed by atoms with Crippen LogP contribution in [0.15, 0.2) is 84.9 Å². The molecule has 0 aliphatic carbocycles. The van der Waals surface area contributed by atoms with Crippen molar-refractivity contribution in [1.29, 1.82) is 0 Å². The fourth-order valence-corrected chi connectivity index (χ4v) is 2.21. The highest BCUT2D eigenvalue weighted by molar-refractivity contribution is 6.30. The Morgan fingerprint density at radius 2 is 1.36 bits per heavy atom. The van der Waals surface area contributed by atoms with Gasteiger partial charge in [0.25, 0.3) is 0 Å². The van der Waals surface area contributed by atoms with Gasteiger partial charge in [-0.2, -0.15) is 0 Å². The van der Waals surface area contributed by atoms with Gasteiger partial charge < -0.3 is 9.47 Å². The van der Waals surface area contributed by atoms with E-state index >= 15 is 0 Å². The zero-order valence-electron chi connectivity index (χ0n) is 13.3. The summed E-state index contributed by atoms with van der Waals surface area (Å²) >= 11 is 5.82. The van der Waals surface area contributed by atoms with E-state index in [2.05, 4.69) is 0 Å². The molecular formula is C21H15ClO3. The molecule has 0 heterocycles. The molecule has 0 aromatic heterocycles. The third kappa shape index (κ3) is 5.23. The largest absolute Gasteiger partial charge is 0.457 e. The van der Waals surface area contributed by atoms with E-state index in [1.54, 1.807) is 42.5 Å². The fraction of sp³-hybridized carbons (Fsp3) is 0. The van der Waals surface area contributed by atoms with Gasteiger partial charge in [-0.15, -0.1) is 0 Å². The molecule has 0 saturated heterocycles. The van der Waals surface area contributed by atoms with Crippen LogP contribution in [0, 0.1) is 0 Å². The van der Waals surface area contributed by atoms with Gasteiger partial charge in [0.05, 0.1) is 0 Å². The number of ether oxygens (including phenoxy) is 2. The summed E-state index contributed by atoms with van der Waals surface area (Å²) in [5.41, 5.74) is 0.868. The minimum absolute atomic E-state index is 0.450. The maximum atomic E-state index is 11.9. The number of hydrogen-bond acceptors (Lipinski definition) is 3. The van der Waals surface area contributed by atoms with E-state index in [0.717, 1.165) is 11.3 Å². The second-order valence-electron chi connectivity index (χ2n) is 5.19. The highest BCUT2D eigenvalue weighted by Gasteiger charge is 2.02. The highest BCUT2D eigenvalue weighted by atomic mass is 35.5. The summed E-state index contributed by atoms with van der Waals surface area (Å²) in [5.74, 6) is 1.42. The van der Waals surface area contributed by atoms with E-state index in [4.69, 9.17) is 21.1 Å². The Morgan fingerprint density at radius 3 is 2.04 bits per heavy atom. The second kappa shape index (κ2) is 8.18. The quantitative estimate of drug-likeness (QED) is 0.334. The summed E-state index contributed by atoms with van der Waals surface area (Å²) in [6.07, 6.45) is 3.04. The van der Waals surface area contributed by atoms with E-state index in [0.29, 0.717) is 16.5 Å². The van der Waals surface area contributed by atoms with Crippen LogP contribution >= 0.6 is 11.6 Å². The summed E-state index contributed by atoms with van der Waals surface area (Å²) in [6.45, 7) is 0. The summed E-state index contributed by atoms with van der Waals surface area (Å²) in [4.78, 5) is 11.9. The Bertz CT molecular complexity index is 854. The molecule has 3 rings (SSSR count). The summed E-state index contributed by atoms with van der Waals surface area (Å²) in [5, 5.41) is 0.650. The van der Waals surface area contributed by atoms with Crippen molar-refractivity contribution in [2.75, 3.05) is 0 Å². The minimum atomic E-state index is -0.452. The number of hydrogen-bond donors (Lipinski definition) is 0. The van der Waals surface area contributed by atoms with E-state index in [-0.39, 0.29) is 0 Å². The number of para-hydroxylation sites is 1. The Labute approximate surface area is 151 Å². The molecule has 4 heteroatoms. The van der Waals surface area contributed by atoms with Gasteiger partial charge in [-0.25, -0.2) is 4.79 Å². The highest BCUT2D eigenvalue weighted by Crippen LogP contribution is 2.23. The Hall–Kier alpha value is -3.04. The number of carbonyl (C=O) groups excluding carboxylic acids is 1. The number of esters is 1. The first-order valence-electron chi connectivity index (χ1n) is 7.67. The lowest BCUT2D eigenvalue weighted by atomic mass is 10.2. The molecule has 3 aromatic rings. The van der Waals surface area contributed by atoms with Crippen LogP contribution in [0.1, 0.15) is 5.56 Å². The molecule has 0 amide bonds. The molecule has 25 heavy (non-hydrogen) atoms. The van der Waals surface area contributed by atoms with E-state index in [9.17, 15) is 4.79 Å². The van der Waals surface area contributed by atoms with Crippen LogP contribution in [-0.4, -0.2) is 5.97 Å². The molecule has 0 unspecified atom stereocenters. The Morgan fingerprint density at radius 1 is 0.760 bits per heavy atom. The molecule has 3 nitrogen and oxygen atoms in total. The fourth-order valence-electron chi connectivity index (χ4n) is 2.09. The first kappa shape index (κ1) is 16.8. The van der Waals surface area contributed by atoms with Crippen LogP contribution < -0.4 is 9.47 Å². The van der Waals surface area contributed by atoms with Crippen LogP contribution in [0.4, 0.5) is 0 Å². The Kier molecular flexibility index (Phi) is 5.50. The van der Waals surface area contributed by atoms with Crippen molar-refractivity contribution in [1.82, 2.24) is 0 Å². The van der Waals surface area contributed by atoms with Gasteiger partial charge in [0.1, 0.15) is 17.2 Å². The molecule has 124 valence electrons. The number of benzene rings is 3. The molecule has 0 N–H and O–H groups in total. The maximum absolute atomic E-state index is 11.9. The van der Waals surface area contributed by atoms with Gasteiger partial charge >= 0.3 is 5.97 Å². The smallest absolute Gasteiger partial charge is 0.336 e. The molecule has 3 aromatic carbocycles. The average Bonchev–Trinajstić information content (AvgIpc) is 2.64. The standard InChI is InChI=1S/C21H15ClO3/c22-17-9-6-16(7-10-17)8-15-21(23)25-20-13-11-19(12-14-20)24-18-4-2-1-3-5-18/h1-15H/b15-8+. The number of carbonyl (C=O) groups is 1. The summed E-state index contributed by atoms with van der Waals surface area (Å²) in [7, 11) is 0. The third-order valence-corrected chi connectivity index (χ3v) is 3.55. The first-order valence-corrected chi connectivity index (χ1v) is 8.05. The van der Waals surface area contributed by atoms with Crippen molar-refractivity contribution < 1.29 is 14.3 Å². The third-order valence-electron chi connectivity index (χ3n) is 3.30. The van der Waals surface area contributed by atoms with Crippen molar-refractivity contribution >= 4 is 23.6 Å². The van der Waals surface area contributed by atoms with Crippen LogP contribution in [0.5, 0.6) is 17.2 Å². The molecule has 0 atom stereocenters. The van der Waals surface area contributed by atoms with Crippen LogP contribution in [0.25, 0.3) is 6.08 Å². The molecular weight excluding hydrogens is 336 g/mol. The minimum Gasteiger partial charge on any atom is -0.457 e. The topological polar surface area (TPSA) is 35.5 Å². The van der Waals surface area contributed by atoms with Gasteiger partial charge in [0.2, 0.25) is 0 Å². The lowest BCUT2D eigenvalue weighted by molar-refractivity contribution is -0.128. The molecule has 0 spiro atoms. The van der Waals surface area contributed by atoms with Crippen molar-refractivity contribution in [3.8, 4) is 17.2 Å². The lowest BCUT2D eigenvalue weighted by Crippen LogP contribution is -2.03. The molecule has 0 fully saturated rings. The van der Waals surface area contributed by atoms with Crippen LogP contribution in [0.2, 0.25) is 5.02 Å². The van der Waals surface area contributed by atoms with E-state index in [1.165, 1.54) is 6.08 Å². The van der Waals surface area contributed by atoms with Crippen molar-refractivity contribution in [2.45, 2.75) is 0 Å². The Balaban J connectivity index is 1.57.